The van der Waals surface area contributed by atoms with E-state index in [9.17, 15) is 5.11 Å². The number of hydrogen-bond acceptors (Lipinski definition) is 2. The summed E-state index contributed by atoms with van der Waals surface area (Å²) in [4.78, 5) is 0. The Morgan fingerprint density at radius 1 is 1.12 bits per heavy atom. The Hall–Kier alpha value is -1.05. The Balaban J connectivity index is 2.17. The molecule has 0 aliphatic rings. The third kappa shape index (κ3) is 5.22. The number of aryl methyl sites for hydroxylation is 1. The molecule has 0 aromatic heterocycles. The zero-order chi connectivity index (χ0) is 17.5. The fourth-order valence-electron chi connectivity index (χ4n) is 2.25. The quantitative estimate of drug-likeness (QED) is 0.500. The van der Waals surface area contributed by atoms with E-state index in [1.807, 2.05) is 25.1 Å². The van der Waals surface area contributed by atoms with Crippen LogP contribution in [-0.2, 0) is 0 Å². The lowest BCUT2D eigenvalue weighted by atomic mass is 10.2. The van der Waals surface area contributed by atoms with E-state index in [0.29, 0.717) is 23.8 Å². The van der Waals surface area contributed by atoms with Gasteiger partial charge in [0.05, 0.1) is 6.61 Å². The predicted octanol–water partition coefficient (Wildman–Crippen LogP) is 4.98. The van der Waals surface area contributed by atoms with Crippen LogP contribution in [0.3, 0.4) is 0 Å². The van der Waals surface area contributed by atoms with Gasteiger partial charge in [0.15, 0.2) is 0 Å². The summed E-state index contributed by atoms with van der Waals surface area (Å²) in [5.74, 6) is 0.839. The second-order valence-corrected chi connectivity index (χ2v) is 7.44. The smallest absolute Gasteiger partial charge is 0.119 e. The van der Waals surface area contributed by atoms with Gasteiger partial charge in [-0.3, -0.25) is 0 Å². The van der Waals surface area contributed by atoms with Crippen LogP contribution in [0.2, 0.25) is 10.0 Å². The first-order chi connectivity index (χ1) is 11.5. The van der Waals surface area contributed by atoms with Crippen LogP contribution in [0.5, 0.6) is 5.75 Å². The molecule has 5 heteroatoms. The molecule has 128 valence electrons. The molecule has 0 bridgehead atoms. The van der Waals surface area contributed by atoms with Crippen molar-refractivity contribution in [1.29, 1.82) is 0 Å². The van der Waals surface area contributed by atoms with Gasteiger partial charge >= 0.3 is 0 Å². The van der Waals surface area contributed by atoms with Crippen molar-refractivity contribution in [2.24, 2.45) is 0 Å². The molecular weight excluding hydrogens is 362 g/mol. The van der Waals surface area contributed by atoms with Crippen molar-refractivity contribution >= 4 is 42.2 Å². The highest BCUT2D eigenvalue weighted by Gasteiger charge is 2.05. The maximum atomic E-state index is 12.5. The maximum Gasteiger partial charge on any atom is 0.119 e. The molecule has 0 fully saturated rings. The Bertz CT molecular complexity index is 709. The van der Waals surface area contributed by atoms with Gasteiger partial charge in [0.25, 0.3) is 0 Å². The normalized spacial score (nSPS) is 11.6. The van der Waals surface area contributed by atoms with Crippen LogP contribution in [0.1, 0.15) is 37.3 Å². The molecule has 2 aromatic rings. The second-order valence-electron chi connectivity index (χ2n) is 5.52. The molecule has 0 aliphatic carbocycles. The molecule has 2 nitrogen and oxygen atoms in total. The molecule has 0 saturated carbocycles. The minimum absolute atomic E-state index is 0.106. The number of unbranched alkanes of at least 4 members (excludes halogenated alkanes) is 2. The van der Waals surface area contributed by atoms with Gasteiger partial charge in [0.1, 0.15) is 5.75 Å². The number of benzene rings is 2. The van der Waals surface area contributed by atoms with Gasteiger partial charge < -0.3 is 9.84 Å². The molecule has 0 atom stereocenters. The van der Waals surface area contributed by atoms with Crippen LogP contribution in [0.25, 0.3) is 0 Å². The van der Waals surface area contributed by atoms with Gasteiger partial charge in [-0.05, 0) is 49.2 Å². The van der Waals surface area contributed by atoms with E-state index in [-0.39, 0.29) is 5.48 Å². The van der Waals surface area contributed by atoms with Crippen LogP contribution in [0.4, 0.5) is 0 Å². The second kappa shape index (κ2) is 9.44. The van der Waals surface area contributed by atoms with Crippen molar-refractivity contribution in [2.75, 3.05) is 6.61 Å². The minimum Gasteiger partial charge on any atom is -0.823 e. The van der Waals surface area contributed by atoms with Gasteiger partial charge in [-0.1, -0.05) is 57.2 Å². The summed E-state index contributed by atoms with van der Waals surface area (Å²) in [6.45, 7) is 4.86. The van der Waals surface area contributed by atoms with E-state index in [2.05, 4.69) is 6.92 Å². The van der Waals surface area contributed by atoms with E-state index in [1.54, 1.807) is 18.2 Å². The molecular formula is C19H20Cl2O2P-. The Morgan fingerprint density at radius 2 is 1.83 bits per heavy atom. The van der Waals surface area contributed by atoms with Crippen LogP contribution in [0, 0.1) is 6.92 Å². The maximum absolute atomic E-state index is 12.5. The molecule has 0 spiro atoms. The van der Waals surface area contributed by atoms with Crippen LogP contribution in [0.15, 0.2) is 36.4 Å². The lowest BCUT2D eigenvalue weighted by Gasteiger charge is -2.16. The fourth-order valence-corrected chi connectivity index (χ4v) is 3.92. The zero-order valence-corrected chi connectivity index (χ0v) is 16.2. The first kappa shape index (κ1) is 19.3. The average Bonchev–Trinajstić information content (AvgIpc) is 2.54. The van der Waals surface area contributed by atoms with Gasteiger partial charge in [-0.15, -0.1) is 5.48 Å². The highest BCUT2D eigenvalue weighted by molar-refractivity contribution is 7.49. The third-order valence-electron chi connectivity index (χ3n) is 3.58. The Kier molecular flexibility index (Phi) is 7.58. The van der Waals surface area contributed by atoms with Crippen molar-refractivity contribution in [1.82, 2.24) is 0 Å². The predicted molar refractivity (Wildman–Crippen MR) is 103 cm³/mol. The van der Waals surface area contributed by atoms with E-state index < -0.39 is 0 Å². The molecule has 2 rings (SSSR count). The topological polar surface area (TPSA) is 32.3 Å². The Morgan fingerprint density at radius 3 is 2.46 bits per heavy atom. The van der Waals surface area contributed by atoms with Crippen molar-refractivity contribution in [2.45, 2.75) is 33.1 Å². The van der Waals surface area contributed by atoms with E-state index >= 15 is 0 Å². The first-order valence-electron chi connectivity index (χ1n) is 7.96. The van der Waals surface area contributed by atoms with Crippen LogP contribution < -0.4 is 15.1 Å². The summed E-state index contributed by atoms with van der Waals surface area (Å²) in [7, 11) is 0.556. The van der Waals surface area contributed by atoms with Crippen LogP contribution >= 0.6 is 31.4 Å². The molecule has 0 amide bonds. The Labute approximate surface area is 155 Å². The number of rotatable bonds is 7. The summed E-state index contributed by atoms with van der Waals surface area (Å²) in [5.41, 5.74) is 1.29. The molecule has 0 aliphatic heterocycles. The number of halogens is 2. The molecule has 0 heterocycles. The summed E-state index contributed by atoms with van der Waals surface area (Å²) in [6, 6.07) is 10.9. The van der Waals surface area contributed by atoms with Crippen molar-refractivity contribution in [3.05, 3.63) is 57.6 Å². The summed E-state index contributed by atoms with van der Waals surface area (Å²) in [5, 5.41) is 14.2. The molecule has 0 saturated heterocycles. The lowest BCUT2D eigenvalue weighted by Crippen LogP contribution is -2.19. The summed E-state index contributed by atoms with van der Waals surface area (Å²) < 4.78 is 5.74. The lowest BCUT2D eigenvalue weighted by molar-refractivity contribution is -0.206. The van der Waals surface area contributed by atoms with Gasteiger partial charge in [0.2, 0.25) is 0 Å². The largest absolute Gasteiger partial charge is 0.823 e. The van der Waals surface area contributed by atoms with E-state index in [1.165, 1.54) is 12.8 Å². The highest BCUT2D eigenvalue weighted by atomic mass is 35.5. The van der Waals surface area contributed by atoms with Gasteiger partial charge in [-0.25, -0.2) is 0 Å². The van der Waals surface area contributed by atoms with Crippen molar-refractivity contribution < 1.29 is 9.84 Å². The van der Waals surface area contributed by atoms with Crippen molar-refractivity contribution in [3.63, 3.8) is 0 Å². The molecule has 2 aromatic carbocycles. The highest BCUT2D eigenvalue weighted by Crippen LogP contribution is 2.26. The SMILES string of the molecule is CCCCCOc1ccc(P=C([O-])c2c(Cl)cccc2Cl)c(C)c1. The molecule has 0 unspecified atom stereocenters. The van der Waals surface area contributed by atoms with Gasteiger partial charge in [0, 0.05) is 20.9 Å². The number of hydrogen-bond donors (Lipinski definition) is 0. The molecule has 0 radical (unpaired) electrons. The monoisotopic (exact) mass is 381 g/mol. The summed E-state index contributed by atoms with van der Waals surface area (Å²) >= 11 is 12.2. The van der Waals surface area contributed by atoms with E-state index in [4.69, 9.17) is 27.9 Å². The molecule has 24 heavy (non-hydrogen) atoms. The number of ether oxygens (including phenoxy) is 1. The minimum atomic E-state index is -0.106. The molecule has 0 N–H and O–H groups in total. The van der Waals surface area contributed by atoms with E-state index in [0.717, 1.165) is 29.6 Å². The standard InChI is InChI=1S/C19H21Cl2O2P/c1-3-4-5-11-23-14-9-10-17(13(2)12-14)24-19(22)18-15(20)7-6-8-16(18)21/h6-10,12,22H,3-5,11H2,1-2H3/p-1. The fraction of sp³-hybridized carbons (Fsp3) is 0.316. The summed E-state index contributed by atoms with van der Waals surface area (Å²) in [6.07, 6.45) is 3.40. The zero-order valence-electron chi connectivity index (χ0n) is 13.8. The van der Waals surface area contributed by atoms with Crippen LogP contribution in [-0.4, -0.2) is 12.1 Å². The van der Waals surface area contributed by atoms with Crippen molar-refractivity contribution in [3.8, 4) is 5.75 Å². The first-order valence-corrected chi connectivity index (χ1v) is 9.61. The third-order valence-corrected chi connectivity index (χ3v) is 5.38. The average molecular weight is 382 g/mol. The van der Waals surface area contributed by atoms with Gasteiger partial charge in [-0.2, -0.15) is 0 Å².